The van der Waals surface area contributed by atoms with Gasteiger partial charge in [0, 0.05) is 0 Å². The van der Waals surface area contributed by atoms with Gasteiger partial charge in [-0.05, 0) is 44.6 Å². The van der Waals surface area contributed by atoms with Crippen molar-refractivity contribution in [3.05, 3.63) is 41.8 Å². The van der Waals surface area contributed by atoms with E-state index in [0.29, 0.717) is 12.2 Å². The molecule has 0 N–H and O–H groups in total. The maximum atomic E-state index is 5.73. The molecule has 1 aliphatic rings. The topological polar surface area (TPSA) is 9.23 Å². The average molecular weight is 203 g/mol. The van der Waals surface area contributed by atoms with Crippen molar-refractivity contribution in [3.63, 3.8) is 0 Å². The molecule has 81 valence electrons. The quantitative estimate of drug-likeness (QED) is 0.716. The molecule has 1 heteroatoms. The van der Waals surface area contributed by atoms with Gasteiger partial charge in [0.25, 0.3) is 0 Å². The standard InChI is InChI=1S/C14H19O/c1-11-8-14(9-12(2)15-11)10-13-6-4-3-5-7-13/h3-7,11-12H,8-10H2,1-2H3. The molecule has 1 heterocycles. The van der Waals surface area contributed by atoms with E-state index in [4.69, 9.17) is 4.74 Å². The van der Waals surface area contributed by atoms with Crippen molar-refractivity contribution in [1.82, 2.24) is 0 Å². The van der Waals surface area contributed by atoms with Crippen LogP contribution in [-0.2, 0) is 11.2 Å². The Morgan fingerprint density at radius 2 is 1.67 bits per heavy atom. The lowest BCUT2D eigenvalue weighted by Crippen LogP contribution is -2.29. The van der Waals surface area contributed by atoms with Gasteiger partial charge in [-0.1, -0.05) is 30.3 Å². The molecule has 0 amide bonds. The Morgan fingerprint density at radius 3 is 2.27 bits per heavy atom. The van der Waals surface area contributed by atoms with E-state index in [1.54, 1.807) is 5.92 Å². The van der Waals surface area contributed by atoms with Gasteiger partial charge in [-0.3, -0.25) is 0 Å². The van der Waals surface area contributed by atoms with E-state index in [-0.39, 0.29) is 0 Å². The molecule has 15 heavy (non-hydrogen) atoms. The first-order chi connectivity index (χ1) is 7.24. The minimum Gasteiger partial charge on any atom is -0.376 e. The summed E-state index contributed by atoms with van der Waals surface area (Å²) in [5.74, 6) is 1.63. The first-order valence-electron chi connectivity index (χ1n) is 5.77. The molecule has 1 aromatic rings. The summed E-state index contributed by atoms with van der Waals surface area (Å²) < 4.78 is 5.73. The first kappa shape index (κ1) is 10.7. The number of benzene rings is 1. The van der Waals surface area contributed by atoms with Gasteiger partial charge >= 0.3 is 0 Å². The van der Waals surface area contributed by atoms with Crippen molar-refractivity contribution < 1.29 is 4.74 Å². The fourth-order valence-electron chi connectivity index (χ4n) is 2.42. The summed E-state index contributed by atoms with van der Waals surface area (Å²) in [6.07, 6.45) is 4.16. The van der Waals surface area contributed by atoms with Gasteiger partial charge in [-0.15, -0.1) is 0 Å². The third-order valence-corrected chi connectivity index (χ3v) is 2.91. The van der Waals surface area contributed by atoms with E-state index >= 15 is 0 Å². The predicted molar refractivity (Wildman–Crippen MR) is 62.6 cm³/mol. The van der Waals surface area contributed by atoms with Crippen molar-refractivity contribution in [1.29, 1.82) is 0 Å². The van der Waals surface area contributed by atoms with Crippen LogP contribution in [0, 0.1) is 5.92 Å². The van der Waals surface area contributed by atoms with Crippen molar-refractivity contribution >= 4 is 0 Å². The molecule has 0 aromatic heterocycles. The van der Waals surface area contributed by atoms with E-state index in [1.807, 2.05) is 0 Å². The smallest absolute Gasteiger partial charge is 0.0556 e. The molecule has 2 atom stereocenters. The molecular weight excluding hydrogens is 184 g/mol. The molecular formula is C14H19O. The molecule has 2 rings (SSSR count). The lowest BCUT2D eigenvalue weighted by molar-refractivity contribution is -0.0212. The lowest BCUT2D eigenvalue weighted by Gasteiger charge is -2.31. The van der Waals surface area contributed by atoms with E-state index in [0.717, 1.165) is 19.3 Å². The number of hydrogen-bond acceptors (Lipinski definition) is 1. The molecule has 1 aromatic carbocycles. The molecule has 0 bridgehead atoms. The van der Waals surface area contributed by atoms with Gasteiger partial charge in [0.2, 0.25) is 0 Å². The Morgan fingerprint density at radius 1 is 1.07 bits per heavy atom. The number of ether oxygens (including phenoxy) is 1. The van der Waals surface area contributed by atoms with Crippen molar-refractivity contribution in [2.45, 2.75) is 45.3 Å². The number of rotatable bonds is 2. The Labute approximate surface area is 92.5 Å². The normalized spacial score (nSPS) is 27.9. The van der Waals surface area contributed by atoms with E-state index in [2.05, 4.69) is 44.2 Å². The lowest BCUT2D eigenvalue weighted by atomic mass is 9.87. The third-order valence-electron chi connectivity index (χ3n) is 2.91. The largest absolute Gasteiger partial charge is 0.376 e. The van der Waals surface area contributed by atoms with Gasteiger partial charge in [0.05, 0.1) is 12.2 Å². The van der Waals surface area contributed by atoms with Gasteiger partial charge in [-0.2, -0.15) is 0 Å². The zero-order valence-electron chi connectivity index (χ0n) is 9.57. The van der Waals surface area contributed by atoms with E-state index in [1.165, 1.54) is 5.56 Å². The molecule has 1 saturated heterocycles. The summed E-state index contributed by atoms with van der Waals surface area (Å²) in [6, 6.07) is 10.7. The van der Waals surface area contributed by atoms with Crippen LogP contribution in [0.25, 0.3) is 0 Å². The summed E-state index contributed by atoms with van der Waals surface area (Å²) in [5.41, 5.74) is 1.42. The van der Waals surface area contributed by atoms with Crippen LogP contribution >= 0.6 is 0 Å². The van der Waals surface area contributed by atoms with Crippen LogP contribution in [0.15, 0.2) is 30.3 Å². The van der Waals surface area contributed by atoms with Crippen LogP contribution in [0.1, 0.15) is 32.3 Å². The van der Waals surface area contributed by atoms with Gasteiger partial charge in [0.1, 0.15) is 0 Å². The SMILES string of the molecule is CC1C[C](Cc2ccccc2)CC(C)O1. The molecule has 0 spiro atoms. The zero-order chi connectivity index (χ0) is 10.7. The van der Waals surface area contributed by atoms with Crippen LogP contribution < -0.4 is 0 Å². The Kier molecular flexibility index (Phi) is 3.42. The van der Waals surface area contributed by atoms with Crippen LogP contribution in [0.2, 0.25) is 0 Å². The summed E-state index contributed by atoms with van der Waals surface area (Å²) in [6.45, 7) is 4.33. The fraction of sp³-hybridized carbons (Fsp3) is 0.500. The molecule has 2 unspecified atom stereocenters. The summed E-state index contributed by atoms with van der Waals surface area (Å²) in [5, 5.41) is 0. The van der Waals surface area contributed by atoms with Crippen molar-refractivity contribution in [2.75, 3.05) is 0 Å². The molecule has 1 nitrogen and oxygen atoms in total. The highest BCUT2D eigenvalue weighted by Gasteiger charge is 2.24. The minimum atomic E-state index is 0.396. The molecule has 1 fully saturated rings. The predicted octanol–water partition coefficient (Wildman–Crippen LogP) is 3.39. The maximum Gasteiger partial charge on any atom is 0.0556 e. The van der Waals surface area contributed by atoms with E-state index < -0.39 is 0 Å². The molecule has 0 saturated carbocycles. The van der Waals surface area contributed by atoms with Crippen molar-refractivity contribution in [3.8, 4) is 0 Å². The van der Waals surface area contributed by atoms with Gasteiger partial charge < -0.3 is 4.74 Å². The van der Waals surface area contributed by atoms with Gasteiger partial charge in [-0.25, -0.2) is 0 Å². The molecule has 1 radical (unpaired) electrons. The first-order valence-corrected chi connectivity index (χ1v) is 5.77. The number of hydrogen-bond donors (Lipinski definition) is 0. The molecule has 1 aliphatic heterocycles. The van der Waals surface area contributed by atoms with Gasteiger partial charge in [0.15, 0.2) is 0 Å². The Balaban J connectivity index is 1.94. The Bertz CT molecular complexity index is 283. The minimum absolute atomic E-state index is 0.396. The highest BCUT2D eigenvalue weighted by atomic mass is 16.5. The second-order valence-electron chi connectivity index (χ2n) is 4.58. The highest BCUT2D eigenvalue weighted by Crippen LogP contribution is 2.29. The van der Waals surface area contributed by atoms with Crippen LogP contribution in [0.4, 0.5) is 0 Å². The third kappa shape index (κ3) is 3.07. The highest BCUT2D eigenvalue weighted by molar-refractivity contribution is 5.19. The monoisotopic (exact) mass is 203 g/mol. The van der Waals surface area contributed by atoms with E-state index in [9.17, 15) is 0 Å². The summed E-state index contributed by atoms with van der Waals surface area (Å²) in [7, 11) is 0. The maximum absolute atomic E-state index is 5.73. The van der Waals surface area contributed by atoms with Crippen LogP contribution in [0.5, 0.6) is 0 Å². The fourth-order valence-corrected chi connectivity index (χ4v) is 2.42. The average Bonchev–Trinajstić information content (AvgIpc) is 2.17. The molecule has 0 aliphatic carbocycles. The summed E-state index contributed by atoms with van der Waals surface area (Å²) in [4.78, 5) is 0. The second-order valence-corrected chi connectivity index (χ2v) is 4.58. The second kappa shape index (κ2) is 4.80. The Hall–Kier alpha value is -0.820. The van der Waals surface area contributed by atoms with Crippen molar-refractivity contribution in [2.24, 2.45) is 0 Å². The van der Waals surface area contributed by atoms with Crippen LogP contribution in [0.3, 0.4) is 0 Å². The zero-order valence-corrected chi connectivity index (χ0v) is 9.57. The van der Waals surface area contributed by atoms with Crippen LogP contribution in [-0.4, -0.2) is 12.2 Å². The summed E-state index contributed by atoms with van der Waals surface area (Å²) >= 11 is 0.